The van der Waals surface area contributed by atoms with Crippen LogP contribution in [0.1, 0.15) is 15.9 Å². The minimum atomic E-state index is -0.100. The second kappa shape index (κ2) is 6.98. The minimum absolute atomic E-state index is 0.0346. The van der Waals surface area contributed by atoms with Gasteiger partial charge in [0.15, 0.2) is 0 Å². The molecule has 0 spiro atoms. The first kappa shape index (κ1) is 15.8. The van der Waals surface area contributed by atoms with Crippen LogP contribution in [0.4, 0.5) is 0 Å². The average molecular weight is 328 g/mol. The summed E-state index contributed by atoms with van der Waals surface area (Å²) in [6.07, 6.45) is 2.76. The maximum Gasteiger partial charge on any atom is 0.251 e. The lowest BCUT2D eigenvalue weighted by Gasteiger charge is -2.14. The SMILES string of the molecule is Cn1ccc2ccc(C(=O)NC[C@H](CO)Cc3ccsc3)cc21. The van der Waals surface area contributed by atoms with Crippen molar-refractivity contribution in [1.29, 1.82) is 0 Å². The average Bonchev–Trinajstić information content (AvgIpc) is 3.21. The van der Waals surface area contributed by atoms with Crippen LogP contribution < -0.4 is 5.32 Å². The molecule has 2 heterocycles. The van der Waals surface area contributed by atoms with E-state index in [0.717, 1.165) is 17.3 Å². The Morgan fingerprint density at radius 2 is 2.22 bits per heavy atom. The first-order valence-electron chi connectivity index (χ1n) is 7.62. The van der Waals surface area contributed by atoms with Gasteiger partial charge in [0.2, 0.25) is 0 Å². The summed E-state index contributed by atoms with van der Waals surface area (Å²) in [4.78, 5) is 12.3. The summed E-state index contributed by atoms with van der Waals surface area (Å²) in [7, 11) is 1.96. The highest BCUT2D eigenvalue weighted by Crippen LogP contribution is 2.17. The molecule has 3 aromatic rings. The maximum absolute atomic E-state index is 12.3. The van der Waals surface area contributed by atoms with Crippen molar-refractivity contribution in [2.75, 3.05) is 13.2 Å². The van der Waals surface area contributed by atoms with Gasteiger partial charge in [-0.25, -0.2) is 0 Å². The molecule has 0 aliphatic carbocycles. The standard InChI is InChI=1S/C18H20N2O2S/c1-20-6-4-15-2-3-16(9-17(15)20)18(22)19-10-14(11-21)8-13-5-7-23-12-13/h2-7,9,12,14,21H,8,10-11H2,1H3,(H,19,22)/t14-/m1/s1. The number of thiophene rings is 1. The molecule has 0 aliphatic rings. The Bertz CT molecular complexity index is 793. The summed E-state index contributed by atoms with van der Waals surface area (Å²) in [5.41, 5.74) is 2.88. The second-order valence-electron chi connectivity index (χ2n) is 5.79. The van der Waals surface area contributed by atoms with E-state index in [1.807, 2.05) is 47.5 Å². The van der Waals surface area contributed by atoms with Gasteiger partial charge in [0.05, 0.1) is 0 Å². The molecule has 0 bridgehead atoms. The molecule has 3 rings (SSSR count). The van der Waals surface area contributed by atoms with Crippen molar-refractivity contribution in [3.8, 4) is 0 Å². The lowest BCUT2D eigenvalue weighted by atomic mass is 10.0. The van der Waals surface area contributed by atoms with Gasteiger partial charge in [-0.1, -0.05) is 6.07 Å². The van der Waals surface area contributed by atoms with E-state index < -0.39 is 0 Å². The molecule has 0 saturated heterocycles. The zero-order chi connectivity index (χ0) is 16.2. The van der Waals surface area contributed by atoms with Crippen LogP contribution in [0.5, 0.6) is 0 Å². The van der Waals surface area contributed by atoms with E-state index >= 15 is 0 Å². The molecule has 1 aromatic carbocycles. The molecule has 4 nitrogen and oxygen atoms in total. The first-order chi connectivity index (χ1) is 11.2. The van der Waals surface area contributed by atoms with Crippen molar-refractivity contribution in [3.05, 3.63) is 58.4 Å². The number of nitrogens with zero attached hydrogens (tertiary/aromatic N) is 1. The molecule has 23 heavy (non-hydrogen) atoms. The van der Waals surface area contributed by atoms with Crippen LogP contribution in [0.3, 0.4) is 0 Å². The van der Waals surface area contributed by atoms with Gasteiger partial charge < -0.3 is 15.0 Å². The number of nitrogens with one attached hydrogen (secondary N) is 1. The largest absolute Gasteiger partial charge is 0.396 e. The quantitative estimate of drug-likeness (QED) is 0.731. The molecule has 0 saturated carbocycles. The van der Waals surface area contributed by atoms with E-state index in [4.69, 9.17) is 0 Å². The van der Waals surface area contributed by atoms with Crippen molar-refractivity contribution in [3.63, 3.8) is 0 Å². The number of fused-ring (bicyclic) bond motifs is 1. The van der Waals surface area contributed by atoms with Crippen molar-refractivity contribution in [2.45, 2.75) is 6.42 Å². The number of hydrogen-bond acceptors (Lipinski definition) is 3. The number of hydrogen-bond donors (Lipinski definition) is 2. The number of carbonyl (C=O) groups excluding carboxylic acids is 1. The maximum atomic E-state index is 12.3. The van der Waals surface area contributed by atoms with Gasteiger partial charge >= 0.3 is 0 Å². The molecular weight excluding hydrogens is 308 g/mol. The van der Waals surface area contributed by atoms with Crippen LogP contribution in [-0.4, -0.2) is 28.7 Å². The third kappa shape index (κ3) is 3.63. The van der Waals surface area contributed by atoms with Crippen LogP contribution in [-0.2, 0) is 13.5 Å². The van der Waals surface area contributed by atoms with E-state index in [1.54, 1.807) is 11.3 Å². The molecule has 120 valence electrons. The monoisotopic (exact) mass is 328 g/mol. The predicted octanol–water partition coefficient (Wildman–Crippen LogP) is 2.82. The fraction of sp³-hybridized carbons (Fsp3) is 0.278. The third-order valence-corrected chi connectivity index (χ3v) is 4.80. The molecule has 1 amide bonds. The zero-order valence-electron chi connectivity index (χ0n) is 13.0. The van der Waals surface area contributed by atoms with E-state index in [2.05, 4.69) is 16.8 Å². The van der Waals surface area contributed by atoms with Crippen LogP contribution in [0.15, 0.2) is 47.3 Å². The van der Waals surface area contributed by atoms with Gasteiger partial charge in [0, 0.05) is 43.4 Å². The molecule has 0 aliphatic heterocycles. The Labute approximate surface area is 139 Å². The lowest BCUT2D eigenvalue weighted by molar-refractivity contribution is 0.0940. The van der Waals surface area contributed by atoms with Crippen molar-refractivity contribution in [2.24, 2.45) is 13.0 Å². The fourth-order valence-corrected chi connectivity index (χ4v) is 3.37. The highest BCUT2D eigenvalue weighted by molar-refractivity contribution is 7.07. The first-order valence-corrected chi connectivity index (χ1v) is 8.57. The molecule has 2 N–H and O–H groups in total. The molecule has 5 heteroatoms. The number of aromatic nitrogens is 1. The van der Waals surface area contributed by atoms with Crippen molar-refractivity contribution >= 4 is 28.1 Å². The Kier molecular flexibility index (Phi) is 4.79. The van der Waals surface area contributed by atoms with Gasteiger partial charge in [-0.3, -0.25) is 4.79 Å². The summed E-state index contributed by atoms with van der Waals surface area (Å²) in [6, 6.07) is 9.78. The van der Waals surface area contributed by atoms with Crippen molar-refractivity contribution < 1.29 is 9.90 Å². The Morgan fingerprint density at radius 1 is 1.35 bits per heavy atom. The molecule has 0 unspecified atom stereocenters. The highest BCUT2D eigenvalue weighted by Gasteiger charge is 2.13. The smallest absolute Gasteiger partial charge is 0.251 e. The Hall–Kier alpha value is -2.11. The predicted molar refractivity (Wildman–Crippen MR) is 93.9 cm³/mol. The minimum Gasteiger partial charge on any atom is -0.396 e. The van der Waals surface area contributed by atoms with E-state index in [1.165, 1.54) is 5.56 Å². The molecule has 0 fully saturated rings. The lowest BCUT2D eigenvalue weighted by Crippen LogP contribution is -2.31. The second-order valence-corrected chi connectivity index (χ2v) is 6.57. The molecule has 2 aromatic heterocycles. The Morgan fingerprint density at radius 3 is 2.96 bits per heavy atom. The van der Waals surface area contributed by atoms with Crippen LogP contribution >= 0.6 is 11.3 Å². The van der Waals surface area contributed by atoms with Gasteiger partial charge in [0.25, 0.3) is 5.91 Å². The zero-order valence-corrected chi connectivity index (χ0v) is 13.8. The van der Waals surface area contributed by atoms with Gasteiger partial charge in [-0.15, -0.1) is 0 Å². The molecular formula is C18H20N2O2S. The summed E-state index contributed by atoms with van der Waals surface area (Å²) < 4.78 is 2.00. The van der Waals surface area contributed by atoms with E-state index in [-0.39, 0.29) is 18.4 Å². The van der Waals surface area contributed by atoms with Crippen LogP contribution in [0, 0.1) is 5.92 Å². The topological polar surface area (TPSA) is 54.3 Å². The number of rotatable bonds is 6. The Balaban J connectivity index is 1.64. The number of carbonyl (C=O) groups is 1. The van der Waals surface area contributed by atoms with E-state index in [0.29, 0.717) is 12.1 Å². The van der Waals surface area contributed by atoms with Crippen molar-refractivity contribution in [1.82, 2.24) is 9.88 Å². The van der Waals surface area contributed by atoms with E-state index in [9.17, 15) is 9.90 Å². The number of aryl methyl sites for hydroxylation is 1. The summed E-state index contributed by atoms with van der Waals surface area (Å²) in [6.45, 7) is 0.531. The molecule has 1 atom stereocenters. The van der Waals surface area contributed by atoms with Gasteiger partial charge in [-0.2, -0.15) is 11.3 Å². The number of aliphatic hydroxyl groups is 1. The van der Waals surface area contributed by atoms with Gasteiger partial charge in [0.1, 0.15) is 0 Å². The normalized spacial score (nSPS) is 12.4. The molecule has 0 radical (unpaired) electrons. The highest BCUT2D eigenvalue weighted by atomic mass is 32.1. The number of benzene rings is 1. The number of amides is 1. The fourth-order valence-electron chi connectivity index (χ4n) is 2.69. The van der Waals surface area contributed by atoms with Crippen LogP contribution in [0.2, 0.25) is 0 Å². The third-order valence-electron chi connectivity index (χ3n) is 4.06. The van der Waals surface area contributed by atoms with Crippen LogP contribution in [0.25, 0.3) is 10.9 Å². The number of aliphatic hydroxyl groups excluding tert-OH is 1. The summed E-state index contributed by atoms with van der Waals surface area (Å²) in [5, 5.41) is 17.7. The summed E-state index contributed by atoms with van der Waals surface area (Å²) >= 11 is 1.65. The summed E-state index contributed by atoms with van der Waals surface area (Å²) in [5.74, 6) is -0.0656. The van der Waals surface area contributed by atoms with Gasteiger partial charge in [-0.05, 0) is 52.4 Å².